The minimum absolute atomic E-state index is 0.210. The van der Waals surface area contributed by atoms with Crippen LogP contribution in [0.3, 0.4) is 0 Å². The fraction of sp³-hybridized carbons (Fsp3) is 0.625. The van der Waals surface area contributed by atoms with Gasteiger partial charge in [-0.3, -0.25) is 0 Å². The lowest BCUT2D eigenvalue weighted by Crippen LogP contribution is -2.34. The van der Waals surface area contributed by atoms with E-state index in [-0.39, 0.29) is 4.75 Å². The summed E-state index contributed by atoms with van der Waals surface area (Å²) in [5.41, 5.74) is 2.30. The molecular weight excluding hydrogens is 254 g/mol. The van der Waals surface area contributed by atoms with Crippen molar-refractivity contribution in [2.45, 2.75) is 44.5 Å². The van der Waals surface area contributed by atoms with Gasteiger partial charge in [0.05, 0.1) is 6.10 Å². The van der Waals surface area contributed by atoms with Crippen molar-refractivity contribution in [1.29, 1.82) is 0 Å². The van der Waals surface area contributed by atoms with Crippen LogP contribution in [0.25, 0.3) is 0 Å². The van der Waals surface area contributed by atoms with E-state index in [0.717, 1.165) is 12.1 Å². The van der Waals surface area contributed by atoms with Crippen LogP contribution in [0.2, 0.25) is 0 Å². The molecule has 0 aliphatic carbocycles. The molecule has 0 saturated heterocycles. The summed E-state index contributed by atoms with van der Waals surface area (Å²) < 4.78 is 0.210. The molecule has 2 N–H and O–H groups in total. The molecule has 0 amide bonds. The molecule has 1 rings (SSSR count). The molecule has 0 saturated carbocycles. The Morgan fingerprint density at radius 1 is 1.16 bits per heavy atom. The van der Waals surface area contributed by atoms with Gasteiger partial charge in [-0.15, -0.1) is 0 Å². The molecule has 19 heavy (non-hydrogen) atoms. The topological polar surface area (TPSA) is 32.3 Å². The van der Waals surface area contributed by atoms with Crippen molar-refractivity contribution in [1.82, 2.24) is 5.32 Å². The zero-order valence-corrected chi connectivity index (χ0v) is 13.6. The fourth-order valence-electron chi connectivity index (χ4n) is 1.80. The van der Waals surface area contributed by atoms with E-state index in [1.54, 1.807) is 0 Å². The fourth-order valence-corrected chi connectivity index (χ4v) is 2.05. The summed E-state index contributed by atoms with van der Waals surface area (Å²) in [6.07, 6.45) is 1.68. The molecule has 0 fully saturated rings. The first kappa shape index (κ1) is 16.5. The third-order valence-electron chi connectivity index (χ3n) is 3.43. The van der Waals surface area contributed by atoms with Crippen molar-refractivity contribution >= 4 is 11.8 Å². The largest absolute Gasteiger partial charge is 0.387 e. The second kappa shape index (κ2) is 7.32. The summed E-state index contributed by atoms with van der Waals surface area (Å²) in [6.45, 7) is 10.3. The molecule has 108 valence electrons. The zero-order chi connectivity index (χ0) is 14.5. The first-order valence-electron chi connectivity index (χ1n) is 6.89. The molecular formula is C16H27NOS. The minimum Gasteiger partial charge on any atom is -0.387 e. The van der Waals surface area contributed by atoms with E-state index in [2.05, 4.69) is 51.4 Å². The molecule has 0 spiro atoms. The summed E-state index contributed by atoms with van der Waals surface area (Å²) in [5.74, 6) is 0.534. The number of thioether (sulfide) groups is 1. The number of aliphatic hydroxyl groups is 1. The van der Waals surface area contributed by atoms with Gasteiger partial charge in [0.1, 0.15) is 0 Å². The van der Waals surface area contributed by atoms with Crippen LogP contribution in [0.15, 0.2) is 24.3 Å². The Kier molecular flexibility index (Phi) is 6.37. The highest BCUT2D eigenvalue weighted by atomic mass is 32.2. The predicted octanol–water partition coefficient (Wildman–Crippen LogP) is 3.57. The standard InChI is InChI=1S/C16H27NOS/c1-12(2)13-6-8-14(9-7-13)15(18)10-17-11-16(3,4)19-5/h6-9,12,15,17-18H,10-11H2,1-5H3. The van der Waals surface area contributed by atoms with Crippen molar-refractivity contribution < 1.29 is 5.11 Å². The van der Waals surface area contributed by atoms with Crippen LogP contribution in [0.4, 0.5) is 0 Å². The SMILES string of the molecule is CSC(C)(C)CNCC(O)c1ccc(C(C)C)cc1. The molecule has 2 nitrogen and oxygen atoms in total. The zero-order valence-electron chi connectivity index (χ0n) is 12.7. The lowest BCUT2D eigenvalue weighted by Gasteiger charge is -2.23. The van der Waals surface area contributed by atoms with Crippen molar-refractivity contribution in [3.8, 4) is 0 Å². The molecule has 1 aromatic carbocycles. The lowest BCUT2D eigenvalue weighted by molar-refractivity contribution is 0.174. The van der Waals surface area contributed by atoms with Crippen LogP contribution >= 0.6 is 11.8 Å². The van der Waals surface area contributed by atoms with Gasteiger partial charge >= 0.3 is 0 Å². The first-order valence-corrected chi connectivity index (χ1v) is 8.12. The Labute approximate surface area is 122 Å². The molecule has 0 radical (unpaired) electrons. The Bertz CT molecular complexity index is 373. The van der Waals surface area contributed by atoms with Crippen LogP contribution in [0.1, 0.15) is 50.8 Å². The van der Waals surface area contributed by atoms with E-state index < -0.39 is 6.10 Å². The maximum atomic E-state index is 10.2. The Hall–Kier alpha value is -0.510. The van der Waals surface area contributed by atoms with E-state index in [1.807, 2.05) is 23.9 Å². The highest BCUT2D eigenvalue weighted by Gasteiger charge is 2.16. The second-order valence-electron chi connectivity index (χ2n) is 5.93. The van der Waals surface area contributed by atoms with Crippen molar-refractivity contribution in [3.63, 3.8) is 0 Å². The quantitative estimate of drug-likeness (QED) is 0.801. The number of rotatable bonds is 7. The monoisotopic (exact) mass is 281 g/mol. The second-order valence-corrected chi connectivity index (χ2v) is 7.45. The van der Waals surface area contributed by atoms with Gasteiger partial charge in [0.15, 0.2) is 0 Å². The van der Waals surface area contributed by atoms with Crippen LogP contribution < -0.4 is 5.32 Å². The van der Waals surface area contributed by atoms with E-state index in [1.165, 1.54) is 5.56 Å². The van der Waals surface area contributed by atoms with Gasteiger partial charge < -0.3 is 10.4 Å². The van der Waals surface area contributed by atoms with Gasteiger partial charge in [-0.1, -0.05) is 38.1 Å². The summed E-state index contributed by atoms with van der Waals surface area (Å²) in [7, 11) is 0. The molecule has 1 unspecified atom stereocenters. The number of aliphatic hydroxyl groups excluding tert-OH is 1. The van der Waals surface area contributed by atoms with Crippen molar-refractivity contribution in [2.75, 3.05) is 19.3 Å². The normalized spacial score (nSPS) is 13.8. The van der Waals surface area contributed by atoms with Crippen molar-refractivity contribution in [3.05, 3.63) is 35.4 Å². The average molecular weight is 281 g/mol. The van der Waals surface area contributed by atoms with Gasteiger partial charge in [-0.2, -0.15) is 11.8 Å². The van der Waals surface area contributed by atoms with E-state index in [4.69, 9.17) is 0 Å². The van der Waals surface area contributed by atoms with Gasteiger partial charge in [0.2, 0.25) is 0 Å². The van der Waals surface area contributed by atoms with Gasteiger partial charge in [-0.25, -0.2) is 0 Å². The van der Waals surface area contributed by atoms with E-state index in [0.29, 0.717) is 12.5 Å². The smallest absolute Gasteiger partial charge is 0.0914 e. The predicted molar refractivity (Wildman–Crippen MR) is 86.0 cm³/mol. The highest BCUT2D eigenvalue weighted by Crippen LogP contribution is 2.21. The Morgan fingerprint density at radius 2 is 1.68 bits per heavy atom. The number of benzene rings is 1. The molecule has 0 aromatic heterocycles. The number of nitrogens with one attached hydrogen (secondary N) is 1. The lowest BCUT2D eigenvalue weighted by atomic mass is 10.00. The van der Waals surface area contributed by atoms with E-state index in [9.17, 15) is 5.11 Å². The maximum absolute atomic E-state index is 10.2. The maximum Gasteiger partial charge on any atom is 0.0914 e. The number of hydrogen-bond acceptors (Lipinski definition) is 3. The molecule has 0 aliphatic heterocycles. The molecule has 1 aromatic rings. The van der Waals surface area contributed by atoms with Gasteiger partial charge in [0, 0.05) is 17.8 Å². The molecule has 0 bridgehead atoms. The van der Waals surface area contributed by atoms with E-state index >= 15 is 0 Å². The van der Waals surface area contributed by atoms with Crippen LogP contribution in [-0.4, -0.2) is 29.2 Å². The minimum atomic E-state index is -0.432. The third-order valence-corrected chi connectivity index (χ3v) is 4.68. The Morgan fingerprint density at radius 3 is 2.16 bits per heavy atom. The average Bonchev–Trinajstić information content (AvgIpc) is 2.38. The van der Waals surface area contributed by atoms with Crippen LogP contribution in [0, 0.1) is 0 Å². The first-order chi connectivity index (χ1) is 8.85. The molecule has 3 heteroatoms. The summed E-state index contributed by atoms with van der Waals surface area (Å²) in [4.78, 5) is 0. The Balaban J connectivity index is 2.47. The van der Waals surface area contributed by atoms with Gasteiger partial charge in [0.25, 0.3) is 0 Å². The summed E-state index contributed by atoms with van der Waals surface area (Å²) >= 11 is 1.84. The molecule has 1 atom stereocenters. The highest BCUT2D eigenvalue weighted by molar-refractivity contribution is 7.99. The van der Waals surface area contributed by atoms with Crippen LogP contribution in [-0.2, 0) is 0 Å². The van der Waals surface area contributed by atoms with Crippen LogP contribution in [0.5, 0.6) is 0 Å². The molecule has 0 heterocycles. The summed E-state index contributed by atoms with van der Waals surface area (Å²) in [5, 5.41) is 13.5. The van der Waals surface area contributed by atoms with Crippen molar-refractivity contribution in [2.24, 2.45) is 0 Å². The third kappa shape index (κ3) is 5.55. The van der Waals surface area contributed by atoms with Gasteiger partial charge in [-0.05, 0) is 37.1 Å². The molecule has 0 aliphatic rings. The summed E-state index contributed by atoms with van der Waals surface area (Å²) in [6, 6.07) is 8.27. The number of hydrogen-bond donors (Lipinski definition) is 2.